The van der Waals surface area contributed by atoms with Gasteiger partial charge in [-0.25, -0.2) is 9.78 Å². The number of aromatic nitrogens is 1. The molecule has 1 aromatic carbocycles. The molecule has 0 bridgehead atoms. The Balaban J connectivity index is 1.59. The molecule has 2 aliphatic rings. The number of nitrogens with zero attached hydrogens (tertiary/aromatic N) is 3. The number of esters is 1. The summed E-state index contributed by atoms with van der Waals surface area (Å²) < 4.78 is 34.3. The van der Waals surface area contributed by atoms with Gasteiger partial charge >= 0.3 is 5.97 Å². The van der Waals surface area contributed by atoms with Crippen molar-refractivity contribution in [2.24, 2.45) is 10.3 Å². The zero-order valence-electron chi connectivity index (χ0n) is 17.6. The van der Waals surface area contributed by atoms with E-state index in [1.54, 1.807) is 6.07 Å². The highest BCUT2D eigenvalue weighted by Crippen LogP contribution is 2.39. The lowest BCUT2D eigenvalue weighted by molar-refractivity contribution is -0.119. The molecule has 0 fully saturated rings. The number of methoxy groups -OCH3 is 1. The molecule has 3 aromatic rings. The van der Waals surface area contributed by atoms with E-state index in [1.807, 2.05) is 30.3 Å². The largest absolute Gasteiger partial charge is 0.465 e. The summed E-state index contributed by atoms with van der Waals surface area (Å²) in [5.74, 6) is -3.76. The maximum absolute atomic E-state index is 13.6. The number of ether oxygens (including phenoxy) is 1. The lowest BCUT2D eigenvalue weighted by Gasteiger charge is -2.33. The number of amides is 1. The van der Waals surface area contributed by atoms with Gasteiger partial charge in [0.05, 0.1) is 24.8 Å². The van der Waals surface area contributed by atoms with E-state index in [4.69, 9.17) is 0 Å². The monoisotopic (exact) mass is 496 g/mol. The van der Waals surface area contributed by atoms with Crippen molar-refractivity contribution < 1.29 is 27.5 Å². The second-order valence-corrected chi connectivity index (χ2v) is 9.88. The second kappa shape index (κ2) is 8.15. The first kappa shape index (κ1) is 21.9. The topological polar surface area (TPSA) is 135 Å². The van der Waals surface area contributed by atoms with Crippen LogP contribution < -0.4 is 10.2 Å². The molecule has 34 heavy (non-hydrogen) atoms. The number of ketones is 1. The lowest BCUT2D eigenvalue weighted by atomic mass is 9.90. The fraction of sp³-hybridized carbons (Fsp3) is 0.136. The number of amidine groups is 1. The van der Waals surface area contributed by atoms with Gasteiger partial charge in [0, 0.05) is 11.6 Å². The Hall–Kier alpha value is -3.90. The number of anilines is 2. The van der Waals surface area contributed by atoms with Gasteiger partial charge in [0.25, 0.3) is 10.0 Å². The van der Waals surface area contributed by atoms with E-state index >= 15 is 0 Å². The number of hydrogen-bond acceptors (Lipinski definition) is 9. The standard InChI is InChI=1S/C22H16N4O6S2/c1-32-22(29)14-11-33-20-17(14)34(30,31)25-18(24-20)15-16(27)13-8-5-9-23-19(13)26(21(15)28)10-12-6-3-2-4-7-12/h2-9,11,15H,10H2,1H3,(H,24,25). The molecule has 5 rings (SSSR count). The van der Waals surface area contributed by atoms with E-state index in [2.05, 4.69) is 19.4 Å². The van der Waals surface area contributed by atoms with Gasteiger partial charge < -0.3 is 10.1 Å². The Kier molecular flexibility index (Phi) is 5.25. The number of hydrogen-bond donors (Lipinski definition) is 1. The number of rotatable bonds is 4. The van der Waals surface area contributed by atoms with Gasteiger partial charge in [-0.1, -0.05) is 30.3 Å². The maximum Gasteiger partial charge on any atom is 0.340 e. The maximum atomic E-state index is 13.6. The van der Waals surface area contributed by atoms with Crippen molar-refractivity contribution in [3.05, 3.63) is 70.7 Å². The second-order valence-electron chi connectivity index (χ2n) is 7.46. The average molecular weight is 497 g/mol. The Labute approximate surface area is 198 Å². The molecule has 10 nitrogen and oxygen atoms in total. The van der Waals surface area contributed by atoms with Crippen molar-refractivity contribution in [3.63, 3.8) is 0 Å². The molecular formula is C22H16N4O6S2. The van der Waals surface area contributed by atoms with Crippen LogP contribution in [0.15, 0.2) is 63.3 Å². The number of carbonyl (C=O) groups excluding carboxylic acids is 3. The third-order valence-electron chi connectivity index (χ3n) is 5.41. The Morgan fingerprint density at radius 1 is 1.18 bits per heavy atom. The number of carbonyl (C=O) groups is 3. The normalized spacial score (nSPS) is 18.4. The third-order valence-corrected chi connectivity index (χ3v) is 7.81. The van der Waals surface area contributed by atoms with Crippen LogP contribution in [0.5, 0.6) is 0 Å². The van der Waals surface area contributed by atoms with Gasteiger partial charge in [0.1, 0.15) is 21.6 Å². The van der Waals surface area contributed by atoms with Crippen LogP contribution in [0.1, 0.15) is 26.3 Å². The molecule has 0 saturated carbocycles. The molecule has 0 spiro atoms. The quantitative estimate of drug-likeness (QED) is 0.430. The number of Topliss-reactive ketones (excluding diaryl/α,β-unsaturated/α-hetero) is 1. The summed E-state index contributed by atoms with van der Waals surface area (Å²) in [7, 11) is -3.25. The SMILES string of the molecule is COC(=O)c1csc2c1S(=O)(=O)N=C(C1C(=O)c3cccnc3N(Cc3ccccc3)C1=O)N2. The highest BCUT2D eigenvalue weighted by molar-refractivity contribution is 7.90. The number of thiophene rings is 1. The van der Waals surface area contributed by atoms with Crippen LogP contribution in [0.2, 0.25) is 0 Å². The predicted molar refractivity (Wildman–Crippen MR) is 124 cm³/mol. The minimum absolute atomic E-state index is 0.0811. The van der Waals surface area contributed by atoms with Crippen LogP contribution in [0.25, 0.3) is 0 Å². The van der Waals surface area contributed by atoms with Crippen LogP contribution in [-0.2, 0) is 26.1 Å². The molecule has 1 unspecified atom stereocenters. The Bertz CT molecular complexity index is 1480. The first-order valence-electron chi connectivity index (χ1n) is 9.98. The molecule has 12 heteroatoms. The van der Waals surface area contributed by atoms with E-state index in [1.165, 1.54) is 22.5 Å². The van der Waals surface area contributed by atoms with Crippen LogP contribution in [0.4, 0.5) is 10.8 Å². The van der Waals surface area contributed by atoms with Gasteiger partial charge in [-0.15, -0.1) is 15.7 Å². The van der Waals surface area contributed by atoms with Crippen molar-refractivity contribution in [2.45, 2.75) is 11.4 Å². The summed E-state index contributed by atoms with van der Waals surface area (Å²) in [4.78, 5) is 44.1. The molecule has 2 aliphatic heterocycles. The van der Waals surface area contributed by atoms with Gasteiger partial charge in [-0.3, -0.25) is 14.5 Å². The molecule has 0 saturated heterocycles. The molecule has 0 radical (unpaired) electrons. The Morgan fingerprint density at radius 2 is 1.94 bits per heavy atom. The molecule has 1 amide bonds. The summed E-state index contributed by atoms with van der Waals surface area (Å²) in [5, 5.41) is 4.20. The van der Waals surface area contributed by atoms with Crippen molar-refractivity contribution in [1.82, 2.24) is 4.98 Å². The number of benzene rings is 1. The number of sulfonamides is 1. The van der Waals surface area contributed by atoms with Gasteiger partial charge in [-0.05, 0) is 17.7 Å². The summed E-state index contributed by atoms with van der Waals surface area (Å²) in [6.45, 7) is 0.129. The highest BCUT2D eigenvalue weighted by atomic mass is 32.2. The molecular weight excluding hydrogens is 480 g/mol. The van der Waals surface area contributed by atoms with E-state index < -0.39 is 33.6 Å². The van der Waals surface area contributed by atoms with E-state index in [0.29, 0.717) is 0 Å². The first-order valence-corrected chi connectivity index (χ1v) is 12.3. The first-order chi connectivity index (χ1) is 16.3. The summed E-state index contributed by atoms with van der Waals surface area (Å²) >= 11 is 0.937. The van der Waals surface area contributed by atoms with Gasteiger partial charge in [0.2, 0.25) is 5.91 Å². The van der Waals surface area contributed by atoms with Crippen LogP contribution >= 0.6 is 11.3 Å². The van der Waals surface area contributed by atoms with Crippen LogP contribution in [0.3, 0.4) is 0 Å². The number of fused-ring (bicyclic) bond motifs is 2. The summed E-state index contributed by atoms with van der Waals surface area (Å²) in [6.07, 6.45) is 1.48. The fourth-order valence-corrected chi connectivity index (χ4v) is 6.44. The van der Waals surface area contributed by atoms with Crippen molar-refractivity contribution >= 4 is 55.7 Å². The lowest BCUT2D eigenvalue weighted by Crippen LogP contribution is -2.50. The third kappa shape index (κ3) is 3.47. The fourth-order valence-electron chi connectivity index (χ4n) is 3.87. The molecule has 1 N–H and O–H groups in total. The zero-order chi connectivity index (χ0) is 24.0. The summed E-state index contributed by atoms with van der Waals surface area (Å²) in [5.41, 5.74) is 0.812. The van der Waals surface area contributed by atoms with Crippen molar-refractivity contribution in [2.75, 3.05) is 17.3 Å². The number of pyridine rings is 1. The van der Waals surface area contributed by atoms with Crippen molar-refractivity contribution in [1.29, 1.82) is 0 Å². The minimum Gasteiger partial charge on any atom is -0.465 e. The van der Waals surface area contributed by atoms with E-state index in [9.17, 15) is 22.8 Å². The van der Waals surface area contributed by atoms with Crippen LogP contribution in [0, 0.1) is 5.92 Å². The van der Waals surface area contributed by atoms with Gasteiger partial charge in [-0.2, -0.15) is 8.42 Å². The zero-order valence-corrected chi connectivity index (χ0v) is 19.2. The van der Waals surface area contributed by atoms with Gasteiger partial charge in [0.15, 0.2) is 11.7 Å². The molecule has 2 aromatic heterocycles. The van der Waals surface area contributed by atoms with Crippen LogP contribution in [-0.4, -0.2) is 44.0 Å². The highest BCUT2D eigenvalue weighted by Gasteiger charge is 2.46. The molecule has 0 aliphatic carbocycles. The smallest absolute Gasteiger partial charge is 0.340 e. The Morgan fingerprint density at radius 3 is 2.68 bits per heavy atom. The minimum atomic E-state index is -4.39. The molecule has 4 heterocycles. The summed E-state index contributed by atoms with van der Waals surface area (Å²) in [6, 6.07) is 12.2. The average Bonchev–Trinajstić information content (AvgIpc) is 3.27. The molecule has 1 atom stereocenters. The van der Waals surface area contributed by atoms with E-state index in [0.717, 1.165) is 24.0 Å². The number of nitrogens with one attached hydrogen (secondary N) is 1. The van der Waals surface area contributed by atoms with Crippen molar-refractivity contribution in [3.8, 4) is 0 Å². The predicted octanol–water partition coefficient (Wildman–Crippen LogP) is 2.49. The van der Waals surface area contributed by atoms with E-state index in [-0.39, 0.29) is 39.2 Å². The molecule has 172 valence electrons.